The summed E-state index contributed by atoms with van der Waals surface area (Å²) >= 11 is 1.30. The van der Waals surface area contributed by atoms with Crippen LogP contribution in [0.25, 0.3) is 10.6 Å². The first-order valence-corrected chi connectivity index (χ1v) is 14.2. The number of thiophene rings is 1. The van der Waals surface area contributed by atoms with Crippen LogP contribution in [0.3, 0.4) is 0 Å². The fourth-order valence-electron chi connectivity index (χ4n) is 3.38. The van der Waals surface area contributed by atoms with Crippen LogP contribution >= 0.6 is 11.3 Å². The highest BCUT2D eigenvalue weighted by atomic mass is 32.2. The number of aryl methyl sites for hydroxylation is 1. The van der Waals surface area contributed by atoms with E-state index in [0.29, 0.717) is 11.3 Å². The van der Waals surface area contributed by atoms with E-state index >= 15 is 0 Å². The summed E-state index contributed by atoms with van der Waals surface area (Å²) in [6.45, 7) is 4.23. The van der Waals surface area contributed by atoms with Gasteiger partial charge in [-0.05, 0) is 42.0 Å². The van der Waals surface area contributed by atoms with Crippen molar-refractivity contribution in [1.82, 2.24) is 9.78 Å². The van der Waals surface area contributed by atoms with Crippen LogP contribution in [0, 0.1) is 5.92 Å². The summed E-state index contributed by atoms with van der Waals surface area (Å²) in [5.41, 5.74) is -0.970. The number of nitrogens with two attached hydrogens (primary N) is 1. The minimum Gasteiger partial charge on any atom is -0.505 e. The highest BCUT2D eigenvalue weighted by Gasteiger charge is 2.31. The fraction of sp³-hybridized carbons (Fsp3) is 0.250. The van der Waals surface area contributed by atoms with Gasteiger partial charge in [0, 0.05) is 6.54 Å². The van der Waals surface area contributed by atoms with Gasteiger partial charge in [0.05, 0.1) is 16.3 Å². The van der Waals surface area contributed by atoms with Crippen molar-refractivity contribution < 1.29 is 21.9 Å². The maximum atomic E-state index is 13.3. The molecular weight excluding hydrogens is 516 g/mol. The van der Waals surface area contributed by atoms with Gasteiger partial charge >= 0.3 is 0 Å². The Bertz CT molecular complexity index is 1590. The van der Waals surface area contributed by atoms with Gasteiger partial charge in [-0.2, -0.15) is 21.9 Å². The van der Waals surface area contributed by atoms with E-state index in [2.05, 4.69) is 14.8 Å². The number of nitrogens with one attached hydrogen (secondary N) is 2. The molecule has 3 heterocycles. The molecule has 35 heavy (non-hydrogen) atoms. The van der Waals surface area contributed by atoms with Crippen LogP contribution in [0.4, 0.5) is 11.4 Å². The number of benzene rings is 1. The van der Waals surface area contributed by atoms with E-state index in [1.54, 1.807) is 17.5 Å². The van der Waals surface area contributed by atoms with Gasteiger partial charge in [0.15, 0.2) is 11.6 Å². The Morgan fingerprint density at radius 1 is 1.29 bits per heavy atom. The van der Waals surface area contributed by atoms with Crippen molar-refractivity contribution in [2.75, 3.05) is 10.0 Å². The molecule has 2 aromatic heterocycles. The maximum Gasteiger partial charge on any atom is 0.296 e. The molecule has 0 unspecified atom stereocenters. The summed E-state index contributed by atoms with van der Waals surface area (Å²) < 4.78 is 55.4. The lowest BCUT2D eigenvalue weighted by molar-refractivity contribution is 0.444. The predicted molar refractivity (Wildman–Crippen MR) is 133 cm³/mol. The van der Waals surface area contributed by atoms with Gasteiger partial charge in [0.1, 0.15) is 16.2 Å². The van der Waals surface area contributed by atoms with Gasteiger partial charge in [-0.15, -0.1) is 15.7 Å². The van der Waals surface area contributed by atoms with Crippen LogP contribution in [0.2, 0.25) is 0 Å². The van der Waals surface area contributed by atoms with Gasteiger partial charge < -0.3 is 10.4 Å². The molecule has 0 saturated heterocycles. The summed E-state index contributed by atoms with van der Waals surface area (Å²) in [5, 5.41) is 24.8. The molecule has 1 aliphatic heterocycles. The topological polar surface area (TPSA) is 186 Å². The van der Waals surface area contributed by atoms with Crippen molar-refractivity contribution in [2.24, 2.45) is 15.5 Å². The lowest BCUT2D eigenvalue weighted by atomic mass is 10.1. The highest BCUT2D eigenvalue weighted by Crippen LogP contribution is 2.35. The number of aromatic hydroxyl groups is 1. The Labute approximate surface area is 205 Å². The molecule has 0 spiro atoms. The monoisotopic (exact) mass is 538 g/mol. The van der Waals surface area contributed by atoms with E-state index in [9.17, 15) is 26.7 Å². The second-order valence-corrected chi connectivity index (χ2v) is 12.0. The summed E-state index contributed by atoms with van der Waals surface area (Å²) in [6, 6.07) is 7.11. The van der Waals surface area contributed by atoms with E-state index in [4.69, 9.17) is 5.14 Å². The smallest absolute Gasteiger partial charge is 0.296 e. The lowest BCUT2D eigenvalue weighted by Gasteiger charge is -2.20. The minimum absolute atomic E-state index is 0.0389. The summed E-state index contributed by atoms with van der Waals surface area (Å²) in [6.07, 6.45) is 0.627. The number of hydrogen-bond donors (Lipinski definition) is 4. The zero-order valence-corrected chi connectivity index (χ0v) is 21.0. The second-order valence-electron chi connectivity index (χ2n) is 8.16. The van der Waals surface area contributed by atoms with Crippen molar-refractivity contribution in [1.29, 1.82) is 0 Å². The van der Waals surface area contributed by atoms with Crippen molar-refractivity contribution in [3.05, 3.63) is 51.6 Å². The largest absolute Gasteiger partial charge is 0.505 e. The van der Waals surface area contributed by atoms with Crippen molar-refractivity contribution >= 4 is 48.8 Å². The first-order valence-electron chi connectivity index (χ1n) is 10.3. The number of sulfonamides is 1. The molecule has 0 atom stereocenters. The molecule has 0 bridgehead atoms. The molecule has 12 nitrogen and oxygen atoms in total. The number of rotatable bonds is 7. The van der Waals surface area contributed by atoms with Gasteiger partial charge in [-0.3, -0.25) is 9.52 Å². The maximum absolute atomic E-state index is 13.3. The third-order valence-corrected chi connectivity index (χ3v) is 7.74. The SMILES string of the molecule is CC(C)CCn1nc(-c2cccs2)c(O)c(C2=NS(=O)(=O)c3cc(NS(N)(=O)=O)ccc3N2)c1=O. The normalized spacial score (nSPS) is 14.8. The van der Waals surface area contributed by atoms with Crippen molar-refractivity contribution in [3.8, 4) is 16.3 Å². The second kappa shape index (κ2) is 9.07. The van der Waals surface area contributed by atoms with Crippen LogP contribution in [-0.4, -0.2) is 37.6 Å². The number of aromatic nitrogens is 2. The van der Waals surface area contributed by atoms with E-state index in [-0.39, 0.29) is 45.8 Å². The molecular formula is C20H22N6O6S3. The molecule has 5 N–H and O–H groups in total. The summed E-state index contributed by atoms with van der Waals surface area (Å²) in [5.74, 6) is -0.606. The molecule has 15 heteroatoms. The number of anilines is 2. The van der Waals surface area contributed by atoms with Crippen LogP contribution in [0.15, 0.2) is 49.8 Å². The molecule has 1 aromatic carbocycles. The molecule has 0 saturated carbocycles. The first kappa shape index (κ1) is 24.8. The Hall–Kier alpha value is -3.27. The van der Waals surface area contributed by atoms with Gasteiger partial charge in [0.2, 0.25) is 0 Å². The minimum atomic E-state index is -4.38. The summed E-state index contributed by atoms with van der Waals surface area (Å²) in [4.78, 5) is 13.5. The average Bonchev–Trinajstić information content (AvgIpc) is 3.27. The van der Waals surface area contributed by atoms with Crippen molar-refractivity contribution in [3.63, 3.8) is 0 Å². The average molecular weight is 539 g/mol. The zero-order chi connectivity index (χ0) is 25.5. The van der Waals surface area contributed by atoms with E-state index in [1.807, 2.05) is 18.6 Å². The number of fused-ring (bicyclic) bond motifs is 1. The van der Waals surface area contributed by atoms with E-state index in [0.717, 1.165) is 6.07 Å². The Balaban J connectivity index is 1.87. The molecule has 4 rings (SSSR count). The van der Waals surface area contributed by atoms with E-state index in [1.165, 1.54) is 28.2 Å². The molecule has 186 valence electrons. The summed E-state index contributed by atoms with van der Waals surface area (Å²) in [7, 11) is -8.52. The number of amidine groups is 1. The van der Waals surface area contributed by atoms with Gasteiger partial charge in [-0.25, -0.2) is 9.82 Å². The Morgan fingerprint density at radius 3 is 2.66 bits per heavy atom. The highest BCUT2D eigenvalue weighted by molar-refractivity contribution is 7.91. The first-order chi connectivity index (χ1) is 16.4. The van der Waals surface area contributed by atoms with Gasteiger partial charge in [0.25, 0.3) is 25.8 Å². The predicted octanol–water partition coefficient (Wildman–Crippen LogP) is 1.90. The van der Waals surface area contributed by atoms with Crippen LogP contribution in [0.5, 0.6) is 5.75 Å². The molecule has 0 amide bonds. The zero-order valence-electron chi connectivity index (χ0n) is 18.6. The van der Waals surface area contributed by atoms with E-state index < -0.39 is 31.5 Å². The molecule has 0 fully saturated rings. The number of nitrogens with zero attached hydrogens (tertiary/aromatic N) is 3. The molecule has 3 aromatic rings. The Kier molecular flexibility index (Phi) is 6.44. The Morgan fingerprint density at radius 2 is 2.03 bits per heavy atom. The third-order valence-electron chi connectivity index (χ3n) is 5.02. The number of hydrogen-bond acceptors (Lipinski definition) is 9. The standard InChI is InChI=1S/C20H22N6O6S3/c1-11(2)7-8-26-20(28)16(18(27)17(23-26)14-4-3-9-33-14)19-22-13-6-5-12(24-35(21,31)32)10-15(13)34(29,30)25-19/h3-6,9-11,24,27H,7-8H2,1-2H3,(H,22,25)(H2,21,31,32). The quantitative estimate of drug-likeness (QED) is 0.351. The van der Waals surface area contributed by atoms with Crippen molar-refractivity contribution in [2.45, 2.75) is 31.7 Å². The molecule has 1 aliphatic rings. The van der Waals surface area contributed by atoms with Crippen LogP contribution in [-0.2, 0) is 26.8 Å². The van der Waals surface area contributed by atoms with Crippen LogP contribution < -0.4 is 20.7 Å². The van der Waals surface area contributed by atoms with Gasteiger partial charge in [-0.1, -0.05) is 19.9 Å². The lowest BCUT2D eigenvalue weighted by Crippen LogP contribution is -2.34. The third kappa shape index (κ3) is 5.22. The molecule has 0 radical (unpaired) electrons. The van der Waals surface area contributed by atoms with Crippen LogP contribution in [0.1, 0.15) is 25.8 Å². The fourth-order valence-corrected chi connectivity index (χ4v) is 5.70. The molecule has 0 aliphatic carbocycles.